The molecular formula is C16H9ClF2O2. The molecule has 0 spiro atoms. The van der Waals surface area contributed by atoms with Gasteiger partial charge in [-0.1, -0.05) is 17.7 Å². The first-order valence-corrected chi connectivity index (χ1v) is 6.55. The van der Waals surface area contributed by atoms with Gasteiger partial charge in [0.05, 0.1) is 10.6 Å². The molecule has 0 radical (unpaired) electrons. The fourth-order valence-corrected chi connectivity index (χ4v) is 2.35. The molecule has 21 heavy (non-hydrogen) atoms. The van der Waals surface area contributed by atoms with Crippen LogP contribution in [0.3, 0.4) is 0 Å². The molecule has 0 unspecified atom stereocenters. The van der Waals surface area contributed by atoms with Crippen molar-refractivity contribution < 1.29 is 18.3 Å². The maximum absolute atomic E-state index is 13.8. The van der Waals surface area contributed by atoms with Crippen LogP contribution in [0.1, 0.15) is 15.9 Å². The average Bonchev–Trinajstić information content (AvgIpc) is 2.46. The Morgan fingerprint density at radius 2 is 2.00 bits per heavy atom. The smallest absolute Gasteiger partial charge is 0.196 e. The van der Waals surface area contributed by atoms with E-state index in [0.717, 1.165) is 6.07 Å². The molecule has 5 heteroatoms. The van der Waals surface area contributed by atoms with Crippen molar-refractivity contribution in [2.45, 2.75) is 0 Å². The zero-order chi connectivity index (χ0) is 15.0. The topological polar surface area (TPSA) is 26.3 Å². The van der Waals surface area contributed by atoms with Crippen molar-refractivity contribution in [2.24, 2.45) is 0 Å². The van der Waals surface area contributed by atoms with Gasteiger partial charge in [-0.05, 0) is 36.4 Å². The normalized spacial score (nSPS) is 15.8. The van der Waals surface area contributed by atoms with E-state index in [4.69, 9.17) is 16.3 Å². The lowest BCUT2D eigenvalue weighted by Crippen LogP contribution is -2.19. The second-order valence-corrected chi connectivity index (χ2v) is 4.97. The number of halogens is 3. The predicted octanol–water partition coefficient (Wildman–Crippen LogP) is 4.28. The molecule has 0 aliphatic carbocycles. The van der Waals surface area contributed by atoms with Gasteiger partial charge >= 0.3 is 0 Å². The van der Waals surface area contributed by atoms with Crippen LogP contribution in [0.2, 0.25) is 5.02 Å². The molecule has 0 saturated heterocycles. The first-order chi connectivity index (χ1) is 10.1. The Hall–Kier alpha value is -2.20. The molecule has 0 aromatic heterocycles. The molecule has 0 bridgehead atoms. The Morgan fingerprint density at radius 1 is 1.19 bits per heavy atom. The van der Waals surface area contributed by atoms with Gasteiger partial charge in [0.2, 0.25) is 0 Å². The summed E-state index contributed by atoms with van der Waals surface area (Å²) in [6.07, 6.45) is 1.34. The highest BCUT2D eigenvalue weighted by molar-refractivity contribution is 6.32. The van der Waals surface area contributed by atoms with E-state index in [2.05, 4.69) is 0 Å². The van der Waals surface area contributed by atoms with Crippen LogP contribution in [0.15, 0.2) is 42.0 Å². The number of ketones is 1. The van der Waals surface area contributed by atoms with Gasteiger partial charge < -0.3 is 4.74 Å². The number of rotatable bonds is 1. The van der Waals surface area contributed by atoms with E-state index in [1.807, 2.05) is 0 Å². The number of ether oxygens (including phenoxy) is 1. The Balaban J connectivity index is 2.06. The Kier molecular flexibility index (Phi) is 3.47. The van der Waals surface area contributed by atoms with Crippen LogP contribution in [-0.4, -0.2) is 12.4 Å². The van der Waals surface area contributed by atoms with Gasteiger partial charge in [-0.15, -0.1) is 0 Å². The zero-order valence-electron chi connectivity index (χ0n) is 10.7. The van der Waals surface area contributed by atoms with Crippen molar-refractivity contribution in [3.05, 3.63) is 69.8 Å². The van der Waals surface area contributed by atoms with Crippen LogP contribution in [0, 0.1) is 11.6 Å². The van der Waals surface area contributed by atoms with Crippen LogP contribution in [-0.2, 0) is 0 Å². The third kappa shape index (κ3) is 2.54. The molecule has 1 aliphatic heterocycles. The third-order valence-corrected chi connectivity index (χ3v) is 3.51. The first-order valence-electron chi connectivity index (χ1n) is 6.18. The summed E-state index contributed by atoms with van der Waals surface area (Å²) >= 11 is 5.93. The molecule has 106 valence electrons. The highest BCUT2D eigenvalue weighted by Gasteiger charge is 2.24. The molecule has 0 atom stereocenters. The van der Waals surface area contributed by atoms with Crippen molar-refractivity contribution in [1.82, 2.24) is 0 Å². The summed E-state index contributed by atoms with van der Waals surface area (Å²) in [4.78, 5) is 12.3. The van der Waals surface area contributed by atoms with Crippen LogP contribution in [0.25, 0.3) is 6.08 Å². The number of carbonyl (C=O) groups is 1. The summed E-state index contributed by atoms with van der Waals surface area (Å²) in [5, 5.41) is 0.195. The molecule has 0 saturated carbocycles. The third-order valence-electron chi connectivity index (χ3n) is 3.18. The zero-order valence-corrected chi connectivity index (χ0v) is 11.5. The monoisotopic (exact) mass is 306 g/mol. The van der Waals surface area contributed by atoms with Gasteiger partial charge in [0.15, 0.2) is 5.78 Å². The van der Waals surface area contributed by atoms with Gasteiger partial charge in [0.25, 0.3) is 0 Å². The summed E-state index contributed by atoms with van der Waals surface area (Å²) in [5.74, 6) is -1.14. The number of fused-ring (bicyclic) bond motifs is 1. The summed E-state index contributed by atoms with van der Waals surface area (Å²) in [6, 6.07) is 7.97. The van der Waals surface area contributed by atoms with E-state index in [1.165, 1.54) is 36.4 Å². The average molecular weight is 307 g/mol. The van der Waals surface area contributed by atoms with E-state index in [0.29, 0.717) is 5.75 Å². The first kappa shape index (κ1) is 13.8. The number of benzene rings is 2. The molecule has 1 aliphatic rings. The lowest BCUT2D eigenvalue weighted by molar-refractivity contribution is 0.1000. The van der Waals surface area contributed by atoms with Gasteiger partial charge in [-0.3, -0.25) is 4.79 Å². The van der Waals surface area contributed by atoms with Crippen LogP contribution in [0.5, 0.6) is 5.75 Å². The maximum Gasteiger partial charge on any atom is 0.196 e. The van der Waals surface area contributed by atoms with E-state index < -0.39 is 17.4 Å². The van der Waals surface area contributed by atoms with E-state index in [-0.39, 0.29) is 28.3 Å². The summed E-state index contributed by atoms with van der Waals surface area (Å²) in [7, 11) is 0. The Labute approximate surface area is 124 Å². The SMILES string of the molecule is O=C1C(=Cc2c(F)cccc2Cl)COc2ccc(F)cc21. The van der Waals surface area contributed by atoms with Crippen LogP contribution in [0.4, 0.5) is 8.78 Å². The Bertz CT molecular complexity index is 749. The van der Waals surface area contributed by atoms with Gasteiger partial charge in [0.1, 0.15) is 24.0 Å². The molecule has 0 fully saturated rings. The molecular weight excluding hydrogens is 298 g/mol. The van der Waals surface area contributed by atoms with E-state index >= 15 is 0 Å². The van der Waals surface area contributed by atoms with E-state index in [9.17, 15) is 13.6 Å². The van der Waals surface area contributed by atoms with E-state index in [1.54, 1.807) is 0 Å². The molecule has 0 N–H and O–H groups in total. The highest BCUT2D eigenvalue weighted by atomic mass is 35.5. The van der Waals surface area contributed by atoms with Crippen molar-refractivity contribution in [2.75, 3.05) is 6.61 Å². The van der Waals surface area contributed by atoms with Crippen molar-refractivity contribution in [1.29, 1.82) is 0 Å². The molecule has 2 aromatic rings. The van der Waals surface area contributed by atoms with Crippen molar-refractivity contribution >= 4 is 23.5 Å². The predicted molar refractivity (Wildman–Crippen MR) is 75.6 cm³/mol. The number of carbonyl (C=O) groups excluding carboxylic acids is 1. The lowest BCUT2D eigenvalue weighted by Gasteiger charge is -2.19. The lowest BCUT2D eigenvalue weighted by atomic mass is 9.98. The fraction of sp³-hybridized carbons (Fsp3) is 0.0625. The summed E-state index contributed by atoms with van der Waals surface area (Å²) < 4.78 is 32.4. The number of hydrogen-bond donors (Lipinski definition) is 0. The molecule has 2 nitrogen and oxygen atoms in total. The summed E-state index contributed by atoms with van der Waals surface area (Å²) in [5.41, 5.74) is 0.464. The molecule has 1 heterocycles. The minimum absolute atomic E-state index is 0.0118. The summed E-state index contributed by atoms with van der Waals surface area (Å²) in [6.45, 7) is -0.0118. The van der Waals surface area contributed by atoms with Crippen LogP contribution < -0.4 is 4.74 Å². The van der Waals surface area contributed by atoms with Crippen molar-refractivity contribution in [3.63, 3.8) is 0 Å². The Morgan fingerprint density at radius 3 is 2.76 bits per heavy atom. The number of hydrogen-bond acceptors (Lipinski definition) is 2. The maximum atomic E-state index is 13.8. The minimum atomic E-state index is -0.534. The van der Waals surface area contributed by atoms with Gasteiger partial charge in [-0.25, -0.2) is 8.78 Å². The largest absolute Gasteiger partial charge is 0.488 e. The second-order valence-electron chi connectivity index (χ2n) is 4.56. The van der Waals surface area contributed by atoms with Gasteiger partial charge in [-0.2, -0.15) is 0 Å². The molecule has 2 aromatic carbocycles. The molecule has 0 amide bonds. The number of Topliss-reactive ketones (excluding diaryl/α,β-unsaturated/α-hetero) is 1. The standard InChI is InChI=1S/C16H9ClF2O2/c17-13-2-1-3-14(19)11(13)6-9-8-21-15-5-4-10(18)7-12(15)16(9)20/h1-7H,8H2. The van der Waals surface area contributed by atoms with Gasteiger partial charge in [0, 0.05) is 11.1 Å². The van der Waals surface area contributed by atoms with Crippen LogP contribution >= 0.6 is 11.6 Å². The van der Waals surface area contributed by atoms with Crippen molar-refractivity contribution in [3.8, 4) is 5.75 Å². The quantitative estimate of drug-likeness (QED) is 0.735. The minimum Gasteiger partial charge on any atom is -0.488 e. The highest BCUT2D eigenvalue weighted by Crippen LogP contribution is 2.30. The molecule has 3 rings (SSSR count). The second kappa shape index (κ2) is 5.30. The fourth-order valence-electron chi connectivity index (χ4n) is 2.13.